The van der Waals surface area contributed by atoms with Crippen LogP contribution in [0.2, 0.25) is 0 Å². The van der Waals surface area contributed by atoms with Crippen LogP contribution in [0, 0.1) is 0 Å². The lowest BCUT2D eigenvalue weighted by atomic mass is 9.98. The minimum atomic E-state index is -1.60. The number of aliphatic hydroxyl groups is 6. The fourth-order valence-corrected chi connectivity index (χ4v) is 11.1. The molecule has 1 rings (SSSR count). The Labute approximate surface area is 457 Å². The second-order valence-corrected chi connectivity index (χ2v) is 23.4. The van der Waals surface area contributed by atoms with Crippen LogP contribution in [0.5, 0.6) is 0 Å². The van der Waals surface area contributed by atoms with Gasteiger partial charge in [0.05, 0.1) is 25.4 Å². The number of ether oxygens (including phenoxy) is 2. The maximum absolute atomic E-state index is 13.1. The lowest BCUT2D eigenvalue weighted by Crippen LogP contribution is -2.60. The van der Waals surface area contributed by atoms with E-state index in [4.69, 9.17) is 9.47 Å². The van der Waals surface area contributed by atoms with Gasteiger partial charge in [0.2, 0.25) is 5.91 Å². The van der Waals surface area contributed by atoms with E-state index in [0.29, 0.717) is 6.42 Å². The van der Waals surface area contributed by atoms with E-state index in [0.717, 1.165) is 38.5 Å². The van der Waals surface area contributed by atoms with Gasteiger partial charge in [-0.25, -0.2) is 0 Å². The number of hydrogen-bond acceptors (Lipinski definition) is 9. The molecule has 0 aromatic carbocycles. The number of amides is 1. The third-order valence-corrected chi connectivity index (χ3v) is 16.3. The Morgan fingerprint density at radius 1 is 0.419 bits per heavy atom. The Morgan fingerprint density at radius 3 is 1.00 bits per heavy atom. The molecule has 1 amide bonds. The summed E-state index contributed by atoms with van der Waals surface area (Å²) >= 11 is 0. The average Bonchev–Trinajstić information content (AvgIpc) is 3.40. The number of carbonyl (C=O) groups excluding carboxylic acids is 1. The summed E-state index contributed by atoms with van der Waals surface area (Å²) < 4.78 is 11.2. The second-order valence-electron chi connectivity index (χ2n) is 23.4. The Kier molecular flexibility index (Phi) is 52.0. The standard InChI is InChI=1S/C64H127NO9/c1-3-5-7-9-11-13-15-17-19-20-21-22-23-24-25-26-27-28-29-30-31-32-33-34-35-36-37-39-41-43-45-47-49-51-53-59(68)65-56(55-73-64-63(72)62(71)61(70)58(54-66)74-64)60(69)57(67)52-50-48-46-44-42-40-38-18-16-14-12-10-8-6-4-2/h56-58,60-64,66-67,69-72H,3-55H2,1-2H3,(H,65,68)/t56-,57+,58+,60-,61+,62?,63?,64+/m0/s1. The number of aliphatic hydroxyl groups excluding tert-OH is 6. The largest absolute Gasteiger partial charge is 0.394 e. The van der Waals surface area contributed by atoms with Crippen LogP contribution in [0.1, 0.15) is 341 Å². The lowest BCUT2D eigenvalue weighted by molar-refractivity contribution is -0.303. The fourth-order valence-electron chi connectivity index (χ4n) is 11.1. The van der Waals surface area contributed by atoms with Gasteiger partial charge in [-0.05, 0) is 12.8 Å². The summed E-state index contributed by atoms with van der Waals surface area (Å²) in [5.41, 5.74) is 0. The molecule has 1 aliphatic heterocycles. The molecule has 0 spiro atoms. The molecule has 74 heavy (non-hydrogen) atoms. The number of unbranched alkanes of at least 4 members (excludes halogenated alkanes) is 47. The van der Waals surface area contributed by atoms with Crippen LogP contribution in [-0.2, 0) is 14.3 Å². The quantitative estimate of drug-likeness (QED) is 0.0293. The van der Waals surface area contributed by atoms with E-state index < -0.39 is 55.6 Å². The van der Waals surface area contributed by atoms with Crippen molar-refractivity contribution in [1.82, 2.24) is 5.32 Å². The minimum absolute atomic E-state index is 0.249. The average molecular weight is 1050 g/mol. The first kappa shape index (κ1) is 71.2. The van der Waals surface area contributed by atoms with E-state index in [1.54, 1.807) is 0 Å². The normalized spacial score (nSPS) is 19.3. The van der Waals surface area contributed by atoms with Gasteiger partial charge in [0.1, 0.15) is 30.5 Å². The van der Waals surface area contributed by atoms with Crippen molar-refractivity contribution in [3.05, 3.63) is 0 Å². The molecule has 442 valence electrons. The van der Waals surface area contributed by atoms with Crippen LogP contribution in [0.4, 0.5) is 0 Å². The van der Waals surface area contributed by atoms with Gasteiger partial charge in [-0.3, -0.25) is 4.79 Å². The zero-order valence-corrected chi connectivity index (χ0v) is 49.0. The number of hydrogen-bond donors (Lipinski definition) is 7. The van der Waals surface area contributed by atoms with E-state index >= 15 is 0 Å². The van der Waals surface area contributed by atoms with E-state index in [-0.39, 0.29) is 18.9 Å². The molecular weight excluding hydrogens is 927 g/mol. The highest BCUT2D eigenvalue weighted by molar-refractivity contribution is 5.76. The van der Waals surface area contributed by atoms with Crippen LogP contribution < -0.4 is 5.32 Å². The van der Waals surface area contributed by atoms with Crippen molar-refractivity contribution < 1.29 is 44.9 Å². The van der Waals surface area contributed by atoms with Crippen molar-refractivity contribution in [3.63, 3.8) is 0 Å². The molecule has 0 saturated carbocycles. The summed E-state index contributed by atoms with van der Waals surface area (Å²) in [6, 6.07) is -0.987. The van der Waals surface area contributed by atoms with Crippen molar-refractivity contribution in [2.75, 3.05) is 13.2 Å². The lowest BCUT2D eigenvalue weighted by Gasteiger charge is -2.40. The third kappa shape index (κ3) is 42.1. The fraction of sp³-hybridized carbons (Fsp3) is 0.984. The van der Waals surface area contributed by atoms with Gasteiger partial charge >= 0.3 is 0 Å². The van der Waals surface area contributed by atoms with Crippen LogP contribution in [-0.4, -0.2) is 98.7 Å². The SMILES string of the molecule is CCCCCCCCCCCCCCCCCCCCCCCCCCCCCCCCCCCCC(=O)N[C@@H](CO[C@@H]1O[C@H](CO)[C@@H](O)C(O)C1O)[C@H](O)[C@H](O)CCCCCCCCCCCCCCCCC. The van der Waals surface area contributed by atoms with Crippen molar-refractivity contribution in [1.29, 1.82) is 0 Å². The van der Waals surface area contributed by atoms with E-state index in [2.05, 4.69) is 19.2 Å². The van der Waals surface area contributed by atoms with Crippen molar-refractivity contribution >= 4 is 5.91 Å². The Bertz CT molecular complexity index is 1150. The molecule has 10 heteroatoms. The first-order chi connectivity index (χ1) is 36.3. The van der Waals surface area contributed by atoms with Gasteiger partial charge in [0.15, 0.2) is 6.29 Å². The van der Waals surface area contributed by atoms with E-state index in [9.17, 15) is 35.4 Å². The first-order valence-electron chi connectivity index (χ1n) is 32.8. The van der Waals surface area contributed by atoms with Gasteiger partial charge in [0.25, 0.3) is 0 Å². The maximum atomic E-state index is 13.1. The van der Waals surface area contributed by atoms with Crippen molar-refractivity contribution in [2.24, 2.45) is 0 Å². The molecule has 7 N–H and O–H groups in total. The molecule has 10 nitrogen and oxygen atoms in total. The van der Waals surface area contributed by atoms with Gasteiger partial charge in [-0.1, -0.05) is 322 Å². The summed E-state index contributed by atoms with van der Waals surface area (Å²) in [4.78, 5) is 13.1. The Hall–Kier alpha value is -0.850. The van der Waals surface area contributed by atoms with Crippen LogP contribution in [0.3, 0.4) is 0 Å². The highest BCUT2D eigenvalue weighted by atomic mass is 16.7. The summed E-state index contributed by atoms with van der Waals surface area (Å²) in [5, 5.41) is 65.6. The maximum Gasteiger partial charge on any atom is 0.220 e. The molecule has 1 aliphatic rings. The molecule has 0 radical (unpaired) electrons. The number of nitrogens with one attached hydrogen (secondary N) is 1. The minimum Gasteiger partial charge on any atom is -0.394 e. The number of rotatable bonds is 58. The first-order valence-corrected chi connectivity index (χ1v) is 32.8. The monoisotopic (exact) mass is 1050 g/mol. The highest BCUT2D eigenvalue weighted by Gasteiger charge is 2.44. The smallest absolute Gasteiger partial charge is 0.220 e. The molecule has 1 saturated heterocycles. The predicted octanol–water partition coefficient (Wildman–Crippen LogP) is 15.9. The van der Waals surface area contributed by atoms with Crippen molar-refractivity contribution in [2.45, 2.75) is 390 Å². The molecular formula is C64H127NO9. The van der Waals surface area contributed by atoms with Gasteiger partial charge < -0.3 is 45.4 Å². The second kappa shape index (κ2) is 54.1. The van der Waals surface area contributed by atoms with Crippen LogP contribution in [0.25, 0.3) is 0 Å². The highest BCUT2D eigenvalue weighted by Crippen LogP contribution is 2.24. The Balaban J connectivity index is 2.10. The summed E-state index contributed by atoms with van der Waals surface area (Å²) in [6.45, 7) is 3.67. The molecule has 0 bridgehead atoms. The summed E-state index contributed by atoms with van der Waals surface area (Å²) in [5.74, 6) is -0.249. The Morgan fingerprint density at radius 2 is 0.703 bits per heavy atom. The zero-order valence-electron chi connectivity index (χ0n) is 49.0. The molecule has 8 atom stereocenters. The molecule has 1 fully saturated rings. The zero-order chi connectivity index (χ0) is 53.8. The van der Waals surface area contributed by atoms with Crippen molar-refractivity contribution in [3.8, 4) is 0 Å². The van der Waals surface area contributed by atoms with Gasteiger partial charge in [0, 0.05) is 6.42 Å². The summed E-state index contributed by atoms with van der Waals surface area (Å²) in [6.07, 6.45) is 55.9. The van der Waals surface area contributed by atoms with Gasteiger partial charge in [-0.15, -0.1) is 0 Å². The van der Waals surface area contributed by atoms with Crippen LogP contribution >= 0.6 is 0 Å². The van der Waals surface area contributed by atoms with Gasteiger partial charge in [-0.2, -0.15) is 0 Å². The molecule has 1 heterocycles. The number of carbonyl (C=O) groups is 1. The molecule has 0 aromatic heterocycles. The molecule has 2 unspecified atom stereocenters. The molecule has 0 aromatic rings. The predicted molar refractivity (Wildman–Crippen MR) is 310 cm³/mol. The van der Waals surface area contributed by atoms with E-state index in [1.807, 2.05) is 0 Å². The van der Waals surface area contributed by atoms with Crippen LogP contribution in [0.15, 0.2) is 0 Å². The topological polar surface area (TPSA) is 169 Å². The molecule has 0 aliphatic carbocycles. The van der Waals surface area contributed by atoms with E-state index in [1.165, 1.54) is 276 Å². The third-order valence-electron chi connectivity index (χ3n) is 16.3. The summed E-state index contributed by atoms with van der Waals surface area (Å²) in [7, 11) is 0.